The van der Waals surface area contributed by atoms with E-state index in [9.17, 15) is 9.59 Å². The molecule has 1 aromatic carbocycles. The Morgan fingerprint density at radius 3 is 2.55 bits per heavy atom. The normalized spacial score (nSPS) is 11.6. The Bertz CT molecular complexity index is 842. The number of hydrogen-bond acceptors (Lipinski definition) is 6. The predicted octanol–water partition coefficient (Wildman–Crippen LogP) is 2.94. The van der Waals surface area contributed by atoms with Gasteiger partial charge in [-0.1, -0.05) is 17.8 Å². The number of carbonyl (C=O) groups is 2. The molecule has 0 fully saturated rings. The molecule has 0 aliphatic carbocycles. The van der Waals surface area contributed by atoms with Crippen molar-refractivity contribution in [2.75, 3.05) is 40.0 Å². The van der Waals surface area contributed by atoms with Crippen molar-refractivity contribution in [1.29, 1.82) is 0 Å². The van der Waals surface area contributed by atoms with Crippen LogP contribution in [0.2, 0.25) is 0 Å². The van der Waals surface area contributed by atoms with Gasteiger partial charge < -0.3 is 14.5 Å². The zero-order valence-electron chi connectivity index (χ0n) is 18.0. The Balaban J connectivity index is 2.25. The highest BCUT2D eigenvalue weighted by Gasteiger charge is 2.23. The molecule has 2 rings (SSSR count). The lowest BCUT2D eigenvalue weighted by Gasteiger charge is -2.26. The summed E-state index contributed by atoms with van der Waals surface area (Å²) in [5, 5.41) is 0.841. The van der Waals surface area contributed by atoms with E-state index in [0.717, 1.165) is 10.8 Å². The van der Waals surface area contributed by atoms with Gasteiger partial charge in [0.2, 0.25) is 0 Å². The fourth-order valence-corrected chi connectivity index (χ4v) is 3.24. The molecular formula is C21H30N4O3S. The molecule has 0 atom stereocenters. The molecule has 0 spiro atoms. The second kappa shape index (κ2) is 9.93. The summed E-state index contributed by atoms with van der Waals surface area (Å²) in [6.45, 7) is 6.43. The number of thioether (sulfide) groups is 1. The number of hydrogen-bond donors (Lipinski definition) is 0. The van der Waals surface area contributed by atoms with Crippen LogP contribution in [0.4, 0.5) is 0 Å². The number of amides is 1. The lowest BCUT2D eigenvalue weighted by Crippen LogP contribution is -2.42. The molecule has 158 valence electrons. The molecule has 7 nitrogen and oxygen atoms in total. The van der Waals surface area contributed by atoms with Crippen molar-refractivity contribution in [3.8, 4) is 5.69 Å². The summed E-state index contributed by atoms with van der Waals surface area (Å²) in [6.07, 6.45) is 5.55. The van der Waals surface area contributed by atoms with Gasteiger partial charge in [-0.3, -0.25) is 14.2 Å². The Kier molecular flexibility index (Phi) is 7.87. The maximum absolute atomic E-state index is 13.2. The summed E-state index contributed by atoms with van der Waals surface area (Å²) >= 11 is 1.53. The van der Waals surface area contributed by atoms with Crippen LogP contribution >= 0.6 is 11.8 Å². The van der Waals surface area contributed by atoms with Crippen molar-refractivity contribution in [3.05, 3.63) is 42.2 Å². The predicted molar refractivity (Wildman–Crippen MR) is 116 cm³/mol. The molecule has 2 aromatic rings. The van der Waals surface area contributed by atoms with Gasteiger partial charge in [-0.25, -0.2) is 4.98 Å². The van der Waals surface area contributed by atoms with Gasteiger partial charge in [-0.2, -0.15) is 0 Å². The molecule has 0 N–H and O–H groups in total. The number of aromatic nitrogens is 2. The van der Waals surface area contributed by atoms with E-state index in [-0.39, 0.29) is 12.5 Å². The van der Waals surface area contributed by atoms with Crippen molar-refractivity contribution in [2.24, 2.45) is 0 Å². The monoisotopic (exact) mass is 418 g/mol. The molecule has 1 amide bonds. The topological polar surface area (TPSA) is 67.7 Å². The van der Waals surface area contributed by atoms with Crippen LogP contribution in [0.5, 0.6) is 0 Å². The summed E-state index contributed by atoms with van der Waals surface area (Å²) in [7, 11) is 3.86. The highest BCUT2D eigenvalue weighted by atomic mass is 32.2. The molecule has 0 saturated carbocycles. The third-order valence-corrected chi connectivity index (χ3v) is 4.67. The lowest BCUT2D eigenvalue weighted by atomic mass is 10.1. The zero-order chi connectivity index (χ0) is 21.6. The molecule has 8 heteroatoms. The van der Waals surface area contributed by atoms with Crippen LogP contribution in [0.25, 0.3) is 5.69 Å². The molecule has 0 saturated heterocycles. The number of rotatable bonds is 8. The fourth-order valence-electron chi connectivity index (χ4n) is 2.71. The van der Waals surface area contributed by atoms with Gasteiger partial charge in [0.25, 0.3) is 5.91 Å². The number of nitrogens with zero attached hydrogens (tertiary/aromatic N) is 4. The Morgan fingerprint density at radius 2 is 1.93 bits per heavy atom. The zero-order valence-corrected chi connectivity index (χ0v) is 18.8. The Morgan fingerprint density at radius 1 is 1.21 bits per heavy atom. The van der Waals surface area contributed by atoms with Gasteiger partial charge in [-0.15, -0.1) is 0 Å². The average Bonchev–Trinajstić information content (AvgIpc) is 3.12. The molecule has 0 bridgehead atoms. The van der Waals surface area contributed by atoms with Crippen LogP contribution in [0.15, 0.2) is 41.8 Å². The average molecular weight is 419 g/mol. The van der Waals surface area contributed by atoms with Gasteiger partial charge in [0.1, 0.15) is 12.1 Å². The van der Waals surface area contributed by atoms with Crippen LogP contribution in [-0.4, -0.2) is 76.8 Å². The van der Waals surface area contributed by atoms with E-state index in [1.807, 2.05) is 75.0 Å². The van der Waals surface area contributed by atoms with Crippen LogP contribution in [-0.2, 0) is 9.53 Å². The minimum Gasteiger partial charge on any atom is -0.459 e. The third-order valence-electron chi connectivity index (χ3n) is 4.00. The summed E-state index contributed by atoms with van der Waals surface area (Å²) in [4.78, 5) is 33.4. The standard InChI is InChI=1S/C21H30N4O3S/c1-21(2,3)28-18(26)15-24(13-12-23(4)5)19(27)16-8-7-9-17(14-16)25-11-10-22-20(25)29-6/h7-11,14H,12-13,15H2,1-6H3. The summed E-state index contributed by atoms with van der Waals surface area (Å²) in [5.41, 5.74) is 0.774. The quantitative estimate of drug-likeness (QED) is 0.485. The van der Waals surface area contributed by atoms with Crippen molar-refractivity contribution in [3.63, 3.8) is 0 Å². The van der Waals surface area contributed by atoms with Crippen molar-refractivity contribution >= 4 is 23.6 Å². The molecule has 0 aliphatic heterocycles. The van der Waals surface area contributed by atoms with Crippen molar-refractivity contribution in [2.45, 2.75) is 31.5 Å². The van der Waals surface area contributed by atoms with Crippen molar-refractivity contribution in [1.82, 2.24) is 19.4 Å². The van der Waals surface area contributed by atoms with E-state index in [0.29, 0.717) is 18.7 Å². The first-order chi connectivity index (χ1) is 13.6. The Hall–Kier alpha value is -2.32. The molecule has 0 aliphatic rings. The van der Waals surface area contributed by atoms with Gasteiger partial charge in [0.15, 0.2) is 5.16 Å². The van der Waals surface area contributed by atoms with Crippen molar-refractivity contribution < 1.29 is 14.3 Å². The maximum atomic E-state index is 13.2. The van der Waals surface area contributed by atoms with E-state index in [1.54, 1.807) is 12.3 Å². The second-order valence-electron chi connectivity index (χ2n) is 7.95. The number of carbonyl (C=O) groups excluding carboxylic acids is 2. The second-order valence-corrected chi connectivity index (χ2v) is 8.72. The van der Waals surface area contributed by atoms with Crippen LogP contribution in [0, 0.1) is 0 Å². The number of benzene rings is 1. The third kappa shape index (κ3) is 6.90. The SMILES string of the molecule is CSc1nccn1-c1cccc(C(=O)N(CCN(C)C)CC(=O)OC(C)(C)C)c1. The number of ether oxygens (including phenoxy) is 1. The smallest absolute Gasteiger partial charge is 0.326 e. The molecule has 29 heavy (non-hydrogen) atoms. The minimum atomic E-state index is -0.594. The number of imidazole rings is 1. The van der Waals surface area contributed by atoms with E-state index in [2.05, 4.69) is 4.98 Å². The largest absolute Gasteiger partial charge is 0.459 e. The first-order valence-electron chi connectivity index (χ1n) is 9.44. The summed E-state index contributed by atoms with van der Waals surface area (Å²) in [5.74, 6) is -0.620. The van der Waals surface area contributed by atoms with E-state index >= 15 is 0 Å². The first kappa shape index (κ1) is 23.0. The molecule has 0 radical (unpaired) electrons. The van der Waals surface area contributed by atoms with Crippen LogP contribution in [0.3, 0.4) is 0 Å². The summed E-state index contributed by atoms with van der Waals surface area (Å²) in [6, 6.07) is 7.35. The van der Waals surface area contributed by atoms with Gasteiger partial charge in [0, 0.05) is 36.7 Å². The minimum absolute atomic E-state index is 0.0880. The Labute approximate surface area is 177 Å². The highest BCUT2D eigenvalue weighted by Crippen LogP contribution is 2.20. The highest BCUT2D eigenvalue weighted by molar-refractivity contribution is 7.98. The number of likely N-dealkylation sites (N-methyl/N-ethyl adjacent to an activating group) is 1. The van der Waals surface area contributed by atoms with Crippen LogP contribution in [0.1, 0.15) is 31.1 Å². The number of esters is 1. The van der Waals surface area contributed by atoms with Gasteiger partial charge in [0.05, 0.1) is 0 Å². The first-order valence-corrected chi connectivity index (χ1v) is 10.7. The fraction of sp³-hybridized carbons (Fsp3) is 0.476. The van der Waals surface area contributed by atoms with Gasteiger partial charge in [-0.05, 0) is 59.3 Å². The maximum Gasteiger partial charge on any atom is 0.326 e. The molecule has 0 unspecified atom stereocenters. The van der Waals surface area contributed by atoms with Gasteiger partial charge >= 0.3 is 5.97 Å². The lowest BCUT2D eigenvalue weighted by molar-refractivity contribution is -0.155. The van der Waals surface area contributed by atoms with Crippen LogP contribution < -0.4 is 0 Å². The van der Waals surface area contributed by atoms with E-state index < -0.39 is 11.6 Å². The molecule has 1 heterocycles. The summed E-state index contributed by atoms with van der Waals surface area (Å²) < 4.78 is 7.34. The molecule has 1 aromatic heterocycles. The van der Waals surface area contributed by atoms with E-state index in [4.69, 9.17) is 4.74 Å². The molecular weight excluding hydrogens is 388 g/mol. The van der Waals surface area contributed by atoms with E-state index in [1.165, 1.54) is 16.7 Å².